The van der Waals surface area contributed by atoms with Gasteiger partial charge in [0.2, 0.25) is 0 Å². The normalized spacial score (nSPS) is 21.9. The molecule has 0 bridgehead atoms. The highest BCUT2D eigenvalue weighted by molar-refractivity contribution is 6.01. The predicted molar refractivity (Wildman–Crippen MR) is 81.1 cm³/mol. The summed E-state index contributed by atoms with van der Waals surface area (Å²) in [6, 6.07) is 9.75. The van der Waals surface area contributed by atoms with Gasteiger partial charge in [0, 0.05) is 12.3 Å². The Kier molecular flexibility index (Phi) is 4.03. The van der Waals surface area contributed by atoms with E-state index in [9.17, 15) is 9.59 Å². The second-order valence-corrected chi connectivity index (χ2v) is 6.10. The third-order valence-electron chi connectivity index (χ3n) is 3.78. The fraction of sp³-hybridized carbons (Fsp3) is 0.333. The molecule has 1 aliphatic rings. The summed E-state index contributed by atoms with van der Waals surface area (Å²) in [6.45, 7) is 5.85. The van der Waals surface area contributed by atoms with Crippen LogP contribution in [-0.2, 0) is 9.59 Å². The van der Waals surface area contributed by atoms with Crippen LogP contribution in [-0.4, -0.2) is 11.6 Å². The molecular weight excluding hydrogens is 248 g/mol. The van der Waals surface area contributed by atoms with Crippen molar-refractivity contribution in [2.24, 2.45) is 11.3 Å². The molecule has 2 nitrogen and oxygen atoms in total. The van der Waals surface area contributed by atoms with Crippen LogP contribution in [0.3, 0.4) is 0 Å². The molecule has 0 fully saturated rings. The van der Waals surface area contributed by atoms with Gasteiger partial charge in [-0.25, -0.2) is 0 Å². The average Bonchev–Trinajstić information content (AvgIpc) is 2.35. The minimum absolute atomic E-state index is 0.0695. The number of hydrogen-bond acceptors (Lipinski definition) is 2. The van der Waals surface area contributed by atoms with Crippen LogP contribution in [0.2, 0.25) is 0 Å². The summed E-state index contributed by atoms with van der Waals surface area (Å²) in [4.78, 5) is 24.1. The SMILES string of the molecule is CC1=CC(=O)CC(C)(C)C1C(=O)/C=C/c1ccccc1. The minimum atomic E-state index is -0.311. The van der Waals surface area contributed by atoms with Gasteiger partial charge in [-0.05, 0) is 30.1 Å². The number of rotatable bonds is 3. The zero-order chi connectivity index (χ0) is 14.8. The number of hydrogen-bond donors (Lipinski definition) is 0. The van der Waals surface area contributed by atoms with Gasteiger partial charge in [-0.15, -0.1) is 0 Å². The molecule has 1 aromatic rings. The molecule has 1 aromatic carbocycles. The van der Waals surface area contributed by atoms with Crippen molar-refractivity contribution in [1.82, 2.24) is 0 Å². The number of carbonyl (C=O) groups is 2. The van der Waals surface area contributed by atoms with Crippen molar-refractivity contribution in [3.63, 3.8) is 0 Å². The maximum absolute atomic E-state index is 12.5. The maximum atomic E-state index is 12.5. The highest BCUT2D eigenvalue weighted by Crippen LogP contribution is 2.40. The summed E-state index contributed by atoms with van der Waals surface area (Å²) in [5.74, 6) is -0.0242. The van der Waals surface area contributed by atoms with Crippen molar-refractivity contribution >= 4 is 17.6 Å². The molecule has 0 aromatic heterocycles. The summed E-state index contributed by atoms with van der Waals surface area (Å²) >= 11 is 0. The van der Waals surface area contributed by atoms with E-state index in [0.717, 1.165) is 11.1 Å². The van der Waals surface area contributed by atoms with Crippen molar-refractivity contribution in [2.45, 2.75) is 27.2 Å². The van der Waals surface area contributed by atoms with Gasteiger partial charge in [0.05, 0.1) is 0 Å². The lowest BCUT2D eigenvalue weighted by molar-refractivity contribution is -0.123. The maximum Gasteiger partial charge on any atom is 0.163 e. The van der Waals surface area contributed by atoms with Crippen LogP contribution < -0.4 is 0 Å². The quantitative estimate of drug-likeness (QED) is 0.781. The van der Waals surface area contributed by atoms with Crippen LogP contribution in [0, 0.1) is 11.3 Å². The van der Waals surface area contributed by atoms with E-state index in [4.69, 9.17) is 0 Å². The van der Waals surface area contributed by atoms with Crippen LogP contribution in [0.25, 0.3) is 6.08 Å². The van der Waals surface area contributed by atoms with E-state index in [-0.39, 0.29) is 22.9 Å². The molecule has 2 rings (SSSR count). The molecule has 0 aliphatic heterocycles. The monoisotopic (exact) mass is 268 g/mol. The van der Waals surface area contributed by atoms with Crippen LogP contribution in [0.1, 0.15) is 32.8 Å². The van der Waals surface area contributed by atoms with E-state index in [1.807, 2.05) is 57.2 Å². The Morgan fingerprint density at radius 2 is 1.90 bits per heavy atom. The molecule has 0 radical (unpaired) electrons. The van der Waals surface area contributed by atoms with E-state index in [1.165, 1.54) is 0 Å². The van der Waals surface area contributed by atoms with E-state index in [2.05, 4.69) is 0 Å². The van der Waals surface area contributed by atoms with Gasteiger partial charge in [-0.1, -0.05) is 55.8 Å². The zero-order valence-corrected chi connectivity index (χ0v) is 12.2. The Labute approximate surface area is 120 Å². The fourth-order valence-corrected chi connectivity index (χ4v) is 3.00. The lowest BCUT2D eigenvalue weighted by Gasteiger charge is -2.35. The second-order valence-electron chi connectivity index (χ2n) is 6.10. The topological polar surface area (TPSA) is 34.1 Å². The zero-order valence-electron chi connectivity index (χ0n) is 12.2. The van der Waals surface area contributed by atoms with Gasteiger partial charge < -0.3 is 0 Å². The molecule has 20 heavy (non-hydrogen) atoms. The highest BCUT2D eigenvalue weighted by Gasteiger charge is 2.39. The summed E-state index contributed by atoms with van der Waals surface area (Å²) in [5.41, 5.74) is 1.56. The lowest BCUT2D eigenvalue weighted by atomic mass is 9.66. The predicted octanol–water partition coefficient (Wildman–Crippen LogP) is 3.83. The molecule has 0 amide bonds. The van der Waals surface area contributed by atoms with Gasteiger partial charge in [-0.2, -0.15) is 0 Å². The van der Waals surface area contributed by atoms with Crippen molar-refractivity contribution in [3.8, 4) is 0 Å². The van der Waals surface area contributed by atoms with Crippen LogP contribution in [0.4, 0.5) is 0 Å². The van der Waals surface area contributed by atoms with Crippen LogP contribution in [0.15, 0.2) is 48.1 Å². The first kappa shape index (κ1) is 14.4. The van der Waals surface area contributed by atoms with Crippen LogP contribution in [0.5, 0.6) is 0 Å². The Balaban J connectivity index is 2.22. The molecule has 0 saturated heterocycles. The number of ketones is 2. The first-order chi connectivity index (χ1) is 9.40. The molecule has 0 spiro atoms. The van der Waals surface area contributed by atoms with Gasteiger partial charge >= 0.3 is 0 Å². The Hall–Kier alpha value is -1.96. The first-order valence-electron chi connectivity index (χ1n) is 6.88. The van der Waals surface area contributed by atoms with Gasteiger partial charge in [0.1, 0.15) is 0 Å². The molecular formula is C18H20O2. The molecule has 1 unspecified atom stereocenters. The highest BCUT2D eigenvalue weighted by atomic mass is 16.1. The molecule has 1 atom stereocenters. The Morgan fingerprint density at radius 1 is 1.25 bits per heavy atom. The summed E-state index contributed by atoms with van der Waals surface area (Å²) in [5, 5.41) is 0. The molecule has 0 saturated carbocycles. The van der Waals surface area contributed by atoms with Crippen LogP contribution >= 0.6 is 0 Å². The largest absolute Gasteiger partial charge is 0.295 e. The summed E-state index contributed by atoms with van der Waals surface area (Å²) in [7, 11) is 0. The van der Waals surface area contributed by atoms with Gasteiger partial charge in [-0.3, -0.25) is 9.59 Å². The van der Waals surface area contributed by atoms with Gasteiger partial charge in [0.15, 0.2) is 11.6 Å². The van der Waals surface area contributed by atoms with Crippen molar-refractivity contribution in [2.75, 3.05) is 0 Å². The van der Waals surface area contributed by atoms with Crippen molar-refractivity contribution in [3.05, 3.63) is 53.6 Å². The van der Waals surface area contributed by atoms with Crippen molar-refractivity contribution in [1.29, 1.82) is 0 Å². The molecule has 1 aliphatic carbocycles. The fourth-order valence-electron chi connectivity index (χ4n) is 3.00. The lowest BCUT2D eigenvalue weighted by Crippen LogP contribution is -2.36. The van der Waals surface area contributed by atoms with E-state index < -0.39 is 0 Å². The molecule has 0 heterocycles. The third kappa shape index (κ3) is 3.13. The van der Waals surface area contributed by atoms with E-state index in [1.54, 1.807) is 12.2 Å². The standard InChI is InChI=1S/C18H20O2/c1-13-11-15(19)12-18(2,3)17(13)16(20)10-9-14-7-5-4-6-8-14/h4-11,17H,12H2,1-3H3/b10-9+. The Bertz CT molecular complexity index is 577. The second kappa shape index (κ2) is 5.58. The number of carbonyl (C=O) groups excluding carboxylic acids is 2. The number of benzene rings is 1. The van der Waals surface area contributed by atoms with Gasteiger partial charge in [0.25, 0.3) is 0 Å². The van der Waals surface area contributed by atoms with E-state index >= 15 is 0 Å². The van der Waals surface area contributed by atoms with E-state index in [0.29, 0.717) is 6.42 Å². The Morgan fingerprint density at radius 3 is 2.50 bits per heavy atom. The van der Waals surface area contributed by atoms with Crippen molar-refractivity contribution < 1.29 is 9.59 Å². The molecule has 0 N–H and O–H groups in total. The smallest absolute Gasteiger partial charge is 0.163 e. The minimum Gasteiger partial charge on any atom is -0.295 e. The summed E-state index contributed by atoms with van der Waals surface area (Å²) in [6.07, 6.45) is 5.51. The average molecular weight is 268 g/mol. The third-order valence-corrected chi connectivity index (χ3v) is 3.78. The molecule has 2 heteroatoms. The summed E-state index contributed by atoms with van der Waals surface area (Å²) < 4.78 is 0. The first-order valence-corrected chi connectivity index (χ1v) is 6.88. The number of allylic oxidation sites excluding steroid dienone is 3. The molecule has 104 valence electrons.